The minimum absolute atomic E-state index is 0. The Morgan fingerprint density at radius 1 is 1.25 bits per heavy atom. The van der Waals surface area contributed by atoms with E-state index in [1.165, 1.54) is 11.5 Å². The second kappa shape index (κ2) is 8.82. The standard InChI is InChI=1S/C6H11.2Y/c1-5(2)6(3)4;;/h1H2,2-4H3;;/q-1;;. The van der Waals surface area contributed by atoms with E-state index >= 15 is 0 Å². The Bertz CT molecular complexity index is 57.5. The van der Waals surface area contributed by atoms with Gasteiger partial charge >= 0.3 is 0 Å². The van der Waals surface area contributed by atoms with E-state index in [9.17, 15) is 0 Å². The minimum Gasteiger partial charge on any atom is -0.242 e. The summed E-state index contributed by atoms with van der Waals surface area (Å²) in [4.78, 5) is 0. The number of allylic oxidation sites excluding steroid dienone is 1. The van der Waals surface area contributed by atoms with Crippen LogP contribution in [-0.2, 0) is 65.4 Å². The Balaban J connectivity index is -0.000000125. The topological polar surface area (TPSA) is 0 Å². The SMILES string of the molecule is C=C(C)[C-](C)C.[Y].[Y]. The Labute approximate surface area is 103 Å². The van der Waals surface area contributed by atoms with Gasteiger partial charge in [0.1, 0.15) is 0 Å². The number of hydrogen-bond donors (Lipinski definition) is 0. The van der Waals surface area contributed by atoms with Crippen molar-refractivity contribution in [3.63, 3.8) is 0 Å². The maximum absolute atomic E-state index is 3.72. The van der Waals surface area contributed by atoms with E-state index in [1.807, 2.05) is 6.92 Å². The molecule has 0 rings (SSSR count). The molecule has 0 fully saturated rings. The van der Waals surface area contributed by atoms with Crippen LogP contribution in [-0.4, -0.2) is 0 Å². The summed E-state index contributed by atoms with van der Waals surface area (Å²) in [7, 11) is 0. The van der Waals surface area contributed by atoms with Crippen LogP contribution in [0.1, 0.15) is 20.8 Å². The summed E-state index contributed by atoms with van der Waals surface area (Å²) in [6.45, 7) is 9.84. The molecule has 0 bridgehead atoms. The number of rotatable bonds is 1. The van der Waals surface area contributed by atoms with Gasteiger partial charge in [0.05, 0.1) is 0 Å². The molecule has 2 radical (unpaired) electrons. The predicted molar refractivity (Wildman–Crippen MR) is 29.4 cm³/mol. The zero-order valence-corrected chi connectivity index (χ0v) is 11.5. The van der Waals surface area contributed by atoms with Crippen LogP contribution in [0.4, 0.5) is 0 Å². The number of hydrogen-bond acceptors (Lipinski definition) is 0. The van der Waals surface area contributed by atoms with Gasteiger partial charge in [0.2, 0.25) is 0 Å². The largest absolute Gasteiger partial charge is 0.242 e. The van der Waals surface area contributed by atoms with Crippen LogP contribution in [0.15, 0.2) is 12.2 Å². The molecular formula is C6H11Y2-. The average molecular weight is 261 g/mol. The molecule has 42 valence electrons. The van der Waals surface area contributed by atoms with Gasteiger partial charge in [-0.15, -0.1) is 13.8 Å². The molecule has 0 aromatic carbocycles. The monoisotopic (exact) mass is 261 g/mol. The van der Waals surface area contributed by atoms with Crippen LogP contribution in [0.2, 0.25) is 0 Å². The van der Waals surface area contributed by atoms with Crippen LogP contribution in [0.3, 0.4) is 0 Å². The molecule has 0 aliphatic rings. The smallest absolute Gasteiger partial charge is 0 e. The molecule has 0 aliphatic carbocycles. The first kappa shape index (κ1) is 16.4. The third kappa shape index (κ3) is 10.7. The van der Waals surface area contributed by atoms with Crippen molar-refractivity contribution in [3.8, 4) is 0 Å². The normalized spacial score (nSPS) is 5.88. The zero-order valence-electron chi connectivity index (χ0n) is 5.86. The Morgan fingerprint density at radius 2 is 1.38 bits per heavy atom. The fourth-order valence-electron chi connectivity index (χ4n) is 0. The van der Waals surface area contributed by atoms with Crippen molar-refractivity contribution in [1.82, 2.24) is 0 Å². The van der Waals surface area contributed by atoms with E-state index in [-0.39, 0.29) is 65.4 Å². The van der Waals surface area contributed by atoms with Crippen molar-refractivity contribution < 1.29 is 65.4 Å². The summed E-state index contributed by atoms with van der Waals surface area (Å²) < 4.78 is 0. The van der Waals surface area contributed by atoms with Gasteiger partial charge in [0.15, 0.2) is 0 Å². The van der Waals surface area contributed by atoms with E-state index in [0.717, 1.165) is 0 Å². The van der Waals surface area contributed by atoms with Gasteiger partial charge in [-0.05, 0) is 0 Å². The first-order valence-corrected chi connectivity index (χ1v) is 2.10. The first-order chi connectivity index (χ1) is 2.64. The molecular weight excluding hydrogens is 250 g/mol. The van der Waals surface area contributed by atoms with Crippen molar-refractivity contribution in [2.24, 2.45) is 0 Å². The molecule has 0 saturated heterocycles. The molecule has 2 heteroatoms. The molecule has 0 saturated carbocycles. The first-order valence-electron chi connectivity index (χ1n) is 2.10. The third-order valence-corrected chi connectivity index (χ3v) is 0.854. The molecule has 0 atom stereocenters. The maximum atomic E-state index is 3.72. The molecule has 0 amide bonds. The molecule has 0 N–H and O–H groups in total. The fraction of sp³-hybridized carbons (Fsp3) is 0.500. The maximum Gasteiger partial charge on any atom is 0 e. The van der Waals surface area contributed by atoms with E-state index in [4.69, 9.17) is 0 Å². The second-order valence-corrected chi connectivity index (χ2v) is 1.78. The van der Waals surface area contributed by atoms with Gasteiger partial charge in [-0.1, -0.05) is 6.92 Å². The zero-order chi connectivity index (χ0) is 5.15. The van der Waals surface area contributed by atoms with Gasteiger partial charge < -0.3 is 0 Å². The summed E-state index contributed by atoms with van der Waals surface area (Å²) in [5.74, 6) is 1.31. The molecule has 8 heavy (non-hydrogen) atoms. The van der Waals surface area contributed by atoms with Crippen LogP contribution in [0.25, 0.3) is 0 Å². The van der Waals surface area contributed by atoms with Crippen molar-refractivity contribution in [3.05, 3.63) is 18.1 Å². The summed E-state index contributed by atoms with van der Waals surface area (Å²) in [5.41, 5.74) is 1.18. The minimum atomic E-state index is 0. The van der Waals surface area contributed by atoms with E-state index in [0.29, 0.717) is 0 Å². The Hall–Kier alpha value is 1.82. The van der Waals surface area contributed by atoms with E-state index < -0.39 is 0 Å². The summed E-state index contributed by atoms with van der Waals surface area (Å²) in [5, 5.41) is 0. The molecule has 0 nitrogen and oxygen atoms in total. The molecule has 0 aromatic rings. The fourth-order valence-corrected chi connectivity index (χ4v) is 0. The van der Waals surface area contributed by atoms with Gasteiger partial charge in [0.25, 0.3) is 0 Å². The van der Waals surface area contributed by atoms with Gasteiger partial charge in [-0.3, -0.25) is 0 Å². The van der Waals surface area contributed by atoms with Crippen molar-refractivity contribution in [2.45, 2.75) is 20.8 Å². The molecule has 0 unspecified atom stereocenters. The van der Waals surface area contributed by atoms with Crippen molar-refractivity contribution in [1.29, 1.82) is 0 Å². The Morgan fingerprint density at radius 3 is 1.38 bits per heavy atom. The van der Waals surface area contributed by atoms with Crippen LogP contribution in [0.5, 0.6) is 0 Å². The van der Waals surface area contributed by atoms with Gasteiger partial charge in [-0.2, -0.15) is 0 Å². The predicted octanol–water partition coefficient (Wildman–Crippen LogP) is 2.17. The third-order valence-electron chi connectivity index (χ3n) is 0.854. The summed E-state index contributed by atoms with van der Waals surface area (Å²) >= 11 is 0. The molecule has 0 spiro atoms. The molecule has 0 heterocycles. The van der Waals surface area contributed by atoms with E-state index in [1.54, 1.807) is 0 Å². The van der Waals surface area contributed by atoms with Gasteiger partial charge in [0, 0.05) is 65.4 Å². The van der Waals surface area contributed by atoms with Crippen LogP contribution < -0.4 is 0 Å². The van der Waals surface area contributed by atoms with Crippen molar-refractivity contribution >= 4 is 0 Å². The van der Waals surface area contributed by atoms with Crippen LogP contribution in [0, 0.1) is 5.92 Å². The quantitative estimate of drug-likeness (QED) is 0.634. The molecule has 0 aliphatic heterocycles. The summed E-state index contributed by atoms with van der Waals surface area (Å²) in [6.07, 6.45) is 0. The second-order valence-electron chi connectivity index (χ2n) is 1.78. The average Bonchev–Trinajstić information content (AvgIpc) is 1.36. The van der Waals surface area contributed by atoms with Crippen molar-refractivity contribution in [2.75, 3.05) is 0 Å². The summed E-state index contributed by atoms with van der Waals surface area (Å²) in [6, 6.07) is 0. The Kier molecular flexibility index (Phi) is 18.1. The van der Waals surface area contributed by atoms with Crippen LogP contribution >= 0.6 is 0 Å². The van der Waals surface area contributed by atoms with E-state index in [2.05, 4.69) is 20.4 Å². The van der Waals surface area contributed by atoms with Gasteiger partial charge in [-0.25, -0.2) is 18.1 Å². The molecule has 0 aromatic heterocycles.